The normalized spacial score (nSPS) is 10.8. The maximum Gasteiger partial charge on any atom is 0.0684 e. The van der Waals surface area contributed by atoms with Gasteiger partial charge in [-0.1, -0.05) is 0 Å². The first kappa shape index (κ1) is 13.2. The number of pyridine rings is 1. The van der Waals surface area contributed by atoms with Crippen LogP contribution in [-0.2, 0) is 13.1 Å². The van der Waals surface area contributed by atoms with Crippen LogP contribution in [0.2, 0.25) is 0 Å². The van der Waals surface area contributed by atoms with Crippen LogP contribution >= 0.6 is 43.2 Å². The highest BCUT2D eigenvalue weighted by molar-refractivity contribution is 9.11. The smallest absolute Gasteiger partial charge is 0.0684 e. The van der Waals surface area contributed by atoms with E-state index in [1.54, 1.807) is 11.3 Å². The van der Waals surface area contributed by atoms with E-state index in [1.807, 2.05) is 12.3 Å². The third-order valence-corrected chi connectivity index (χ3v) is 4.57. The summed E-state index contributed by atoms with van der Waals surface area (Å²) in [5, 5.41) is 5.53. The van der Waals surface area contributed by atoms with E-state index in [0.29, 0.717) is 0 Å². The standard InChI is InChI=1S/C12H12Br2N2S/c1-8-2-3-17-12(8)7-15-6-11-10(14)4-9(13)5-16-11/h2-5,15H,6-7H2,1H3. The molecule has 0 spiro atoms. The maximum atomic E-state index is 4.37. The van der Waals surface area contributed by atoms with E-state index >= 15 is 0 Å². The van der Waals surface area contributed by atoms with Crippen molar-refractivity contribution in [2.75, 3.05) is 0 Å². The van der Waals surface area contributed by atoms with E-state index in [9.17, 15) is 0 Å². The van der Waals surface area contributed by atoms with Crippen molar-refractivity contribution in [3.05, 3.63) is 48.8 Å². The van der Waals surface area contributed by atoms with Gasteiger partial charge in [-0.3, -0.25) is 4.98 Å². The van der Waals surface area contributed by atoms with Crippen molar-refractivity contribution in [3.8, 4) is 0 Å². The summed E-state index contributed by atoms with van der Waals surface area (Å²) in [7, 11) is 0. The Morgan fingerprint density at radius 1 is 1.35 bits per heavy atom. The third kappa shape index (κ3) is 3.61. The van der Waals surface area contributed by atoms with Gasteiger partial charge in [0.25, 0.3) is 0 Å². The first-order chi connectivity index (χ1) is 8.16. The summed E-state index contributed by atoms with van der Waals surface area (Å²) in [5.41, 5.74) is 2.38. The highest BCUT2D eigenvalue weighted by Gasteiger charge is 2.03. The van der Waals surface area contributed by atoms with Crippen molar-refractivity contribution < 1.29 is 0 Å². The SMILES string of the molecule is Cc1ccsc1CNCc1ncc(Br)cc1Br. The first-order valence-corrected chi connectivity index (χ1v) is 7.67. The molecule has 90 valence electrons. The minimum atomic E-state index is 0.769. The molecule has 2 heterocycles. The molecule has 2 aromatic rings. The summed E-state index contributed by atoms with van der Waals surface area (Å²) in [5.74, 6) is 0. The van der Waals surface area contributed by atoms with Gasteiger partial charge in [0.15, 0.2) is 0 Å². The topological polar surface area (TPSA) is 24.9 Å². The largest absolute Gasteiger partial charge is 0.306 e. The predicted molar refractivity (Wildman–Crippen MR) is 79.2 cm³/mol. The first-order valence-electron chi connectivity index (χ1n) is 5.20. The summed E-state index contributed by atoms with van der Waals surface area (Å²) in [6.07, 6.45) is 1.82. The molecule has 0 aromatic carbocycles. The van der Waals surface area contributed by atoms with Gasteiger partial charge in [-0.15, -0.1) is 11.3 Å². The molecule has 17 heavy (non-hydrogen) atoms. The summed E-state index contributed by atoms with van der Waals surface area (Å²) >= 11 is 8.69. The van der Waals surface area contributed by atoms with Crippen LogP contribution in [0.5, 0.6) is 0 Å². The summed E-state index contributed by atoms with van der Waals surface area (Å²) in [4.78, 5) is 5.75. The number of hydrogen-bond donors (Lipinski definition) is 1. The molecule has 0 bridgehead atoms. The molecule has 0 amide bonds. The van der Waals surface area contributed by atoms with Crippen LogP contribution in [0.15, 0.2) is 32.7 Å². The summed E-state index contributed by atoms with van der Waals surface area (Å²) < 4.78 is 2.02. The highest BCUT2D eigenvalue weighted by atomic mass is 79.9. The van der Waals surface area contributed by atoms with E-state index < -0.39 is 0 Å². The summed E-state index contributed by atoms with van der Waals surface area (Å²) in [6.45, 7) is 3.81. The number of nitrogens with one attached hydrogen (secondary N) is 1. The Bertz CT molecular complexity index is 511. The molecule has 0 saturated heterocycles. The zero-order chi connectivity index (χ0) is 12.3. The Morgan fingerprint density at radius 3 is 2.82 bits per heavy atom. The van der Waals surface area contributed by atoms with Crippen LogP contribution in [0.25, 0.3) is 0 Å². The van der Waals surface area contributed by atoms with E-state index in [2.05, 4.69) is 60.5 Å². The van der Waals surface area contributed by atoms with Crippen LogP contribution in [0, 0.1) is 6.92 Å². The molecule has 2 aromatic heterocycles. The Labute approximate surface area is 122 Å². The average Bonchev–Trinajstić information content (AvgIpc) is 2.68. The van der Waals surface area contributed by atoms with Crippen LogP contribution in [0.3, 0.4) is 0 Å². The number of nitrogens with zero attached hydrogens (tertiary/aromatic N) is 1. The van der Waals surface area contributed by atoms with Crippen LogP contribution in [0.1, 0.15) is 16.1 Å². The van der Waals surface area contributed by atoms with Gasteiger partial charge in [0.2, 0.25) is 0 Å². The lowest BCUT2D eigenvalue weighted by molar-refractivity contribution is 0.682. The fraction of sp³-hybridized carbons (Fsp3) is 0.250. The van der Waals surface area contributed by atoms with Gasteiger partial charge >= 0.3 is 0 Å². The molecule has 0 aliphatic carbocycles. The van der Waals surface area contributed by atoms with E-state index in [4.69, 9.17) is 0 Å². The molecular formula is C12H12Br2N2S. The molecule has 0 aliphatic heterocycles. The molecule has 1 N–H and O–H groups in total. The number of halogens is 2. The minimum absolute atomic E-state index is 0.769. The molecular weight excluding hydrogens is 364 g/mol. The lowest BCUT2D eigenvalue weighted by Crippen LogP contribution is -2.13. The van der Waals surface area contributed by atoms with Crippen LogP contribution < -0.4 is 5.32 Å². The average molecular weight is 376 g/mol. The second-order valence-corrected chi connectivity index (χ2v) is 6.48. The van der Waals surface area contributed by atoms with Gasteiger partial charge < -0.3 is 5.32 Å². The van der Waals surface area contributed by atoms with Crippen molar-refractivity contribution in [1.82, 2.24) is 10.3 Å². The molecule has 0 atom stereocenters. The molecule has 0 aliphatic rings. The molecule has 2 rings (SSSR count). The van der Waals surface area contributed by atoms with Crippen molar-refractivity contribution in [2.24, 2.45) is 0 Å². The van der Waals surface area contributed by atoms with Gasteiger partial charge in [-0.25, -0.2) is 0 Å². The Kier molecular flexibility index (Phi) is 4.73. The zero-order valence-corrected chi connectivity index (χ0v) is 13.3. The fourth-order valence-corrected chi connectivity index (χ4v) is 3.46. The predicted octanol–water partition coefficient (Wildman–Crippen LogP) is 4.27. The van der Waals surface area contributed by atoms with E-state index in [-0.39, 0.29) is 0 Å². The zero-order valence-electron chi connectivity index (χ0n) is 9.34. The number of hydrogen-bond acceptors (Lipinski definition) is 3. The van der Waals surface area contributed by atoms with Gasteiger partial charge in [0.1, 0.15) is 0 Å². The van der Waals surface area contributed by atoms with Crippen LogP contribution in [0.4, 0.5) is 0 Å². The van der Waals surface area contributed by atoms with Gasteiger partial charge in [-0.2, -0.15) is 0 Å². The number of rotatable bonds is 4. The van der Waals surface area contributed by atoms with Crippen molar-refractivity contribution in [1.29, 1.82) is 0 Å². The number of aromatic nitrogens is 1. The Morgan fingerprint density at radius 2 is 2.18 bits per heavy atom. The van der Waals surface area contributed by atoms with Gasteiger partial charge in [0.05, 0.1) is 5.69 Å². The Hall–Kier alpha value is -0.230. The van der Waals surface area contributed by atoms with E-state index in [1.165, 1.54) is 10.4 Å². The highest BCUT2D eigenvalue weighted by Crippen LogP contribution is 2.20. The molecule has 0 unspecified atom stereocenters. The maximum absolute atomic E-state index is 4.37. The molecule has 0 fully saturated rings. The molecule has 2 nitrogen and oxygen atoms in total. The monoisotopic (exact) mass is 374 g/mol. The summed E-state index contributed by atoms with van der Waals surface area (Å²) in [6, 6.07) is 4.16. The molecule has 0 radical (unpaired) electrons. The quantitative estimate of drug-likeness (QED) is 0.863. The molecule has 0 saturated carbocycles. The van der Waals surface area contributed by atoms with Crippen LogP contribution in [-0.4, -0.2) is 4.98 Å². The lowest BCUT2D eigenvalue weighted by atomic mass is 10.3. The minimum Gasteiger partial charge on any atom is -0.306 e. The molecule has 5 heteroatoms. The van der Waals surface area contributed by atoms with Gasteiger partial charge in [0, 0.05) is 33.1 Å². The third-order valence-electron chi connectivity index (χ3n) is 2.43. The lowest BCUT2D eigenvalue weighted by Gasteiger charge is -2.06. The number of aryl methyl sites for hydroxylation is 1. The second-order valence-electron chi connectivity index (χ2n) is 3.71. The number of thiophene rings is 1. The van der Waals surface area contributed by atoms with Crippen molar-refractivity contribution >= 4 is 43.2 Å². The van der Waals surface area contributed by atoms with E-state index in [0.717, 1.165) is 27.7 Å². The fourth-order valence-electron chi connectivity index (χ4n) is 1.45. The Balaban J connectivity index is 1.92. The van der Waals surface area contributed by atoms with Crippen molar-refractivity contribution in [2.45, 2.75) is 20.0 Å². The second kappa shape index (κ2) is 6.09. The van der Waals surface area contributed by atoms with Crippen molar-refractivity contribution in [3.63, 3.8) is 0 Å². The van der Waals surface area contributed by atoms with Gasteiger partial charge in [-0.05, 0) is 61.9 Å².